The molecule has 0 saturated carbocycles. The summed E-state index contributed by atoms with van der Waals surface area (Å²) in [5, 5.41) is 2.89. The van der Waals surface area contributed by atoms with Gasteiger partial charge in [0.05, 0.1) is 6.20 Å². The molecule has 1 aromatic carbocycles. The number of benzene rings is 1. The van der Waals surface area contributed by atoms with Gasteiger partial charge in [-0.1, -0.05) is 15.9 Å². The van der Waals surface area contributed by atoms with Crippen molar-refractivity contribution >= 4 is 39.0 Å². The number of nitrogens with zero attached hydrogens (tertiary/aromatic N) is 2. The minimum absolute atomic E-state index is 0.00413. The van der Waals surface area contributed by atoms with Gasteiger partial charge in [0, 0.05) is 10.2 Å². The fourth-order valence-corrected chi connectivity index (χ4v) is 1.95. The predicted molar refractivity (Wildman–Crippen MR) is 73.9 cm³/mol. The fourth-order valence-electron chi connectivity index (χ4n) is 1.59. The van der Waals surface area contributed by atoms with E-state index in [1.807, 2.05) is 26.0 Å². The monoisotopic (exact) mass is 329 g/mol. The molecule has 0 fully saturated rings. The zero-order chi connectivity index (χ0) is 13.3. The van der Waals surface area contributed by atoms with Crippen LogP contribution in [0.1, 0.15) is 11.1 Å². The summed E-state index contributed by atoms with van der Waals surface area (Å²) < 4.78 is 14.5. The smallest absolute Gasteiger partial charge is 0.224 e. The molecule has 3 nitrogen and oxygen atoms in total. The van der Waals surface area contributed by atoms with Crippen LogP contribution in [-0.2, 0) is 0 Å². The Morgan fingerprint density at radius 1 is 1.28 bits per heavy atom. The minimum atomic E-state index is -0.544. The highest BCUT2D eigenvalue weighted by Crippen LogP contribution is 2.27. The molecule has 0 spiro atoms. The van der Waals surface area contributed by atoms with Crippen LogP contribution in [0, 0.1) is 19.7 Å². The molecule has 0 bridgehead atoms. The van der Waals surface area contributed by atoms with Crippen molar-refractivity contribution in [1.29, 1.82) is 0 Å². The summed E-state index contributed by atoms with van der Waals surface area (Å²) in [4.78, 5) is 7.37. The number of hydrogen-bond acceptors (Lipinski definition) is 3. The van der Waals surface area contributed by atoms with E-state index >= 15 is 0 Å². The van der Waals surface area contributed by atoms with Gasteiger partial charge in [0.1, 0.15) is 0 Å². The lowest BCUT2D eigenvalue weighted by molar-refractivity contribution is 0.619. The van der Waals surface area contributed by atoms with Crippen molar-refractivity contribution in [2.75, 3.05) is 5.32 Å². The zero-order valence-electron chi connectivity index (χ0n) is 9.76. The van der Waals surface area contributed by atoms with Crippen molar-refractivity contribution in [2.45, 2.75) is 13.8 Å². The molecule has 0 aliphatic carbocycles. The minimum Gasteiger partial charge on any atom is -0.338 e. The highest BCUT2D eigenvalue weighted by atomic mass is 79.9. The lowest BCUT2D eigenvalue weighted by Gasteiger charge is -2.10. The van der Waals surface area contributed by atoms with Crippen LogP contribution in [0.2, 0.25) is 5.28 Å². The molecule has 0 amide bonds. The maximum atomic E-state index is 13.5. The van der Waals surface area contributed by atoms with Crippen LogP contribution in [0.15, 0.2) is 22.8 Å². The summed E-state index contributed by atoms with van der Waals surface area (Å²) in [6, 6.07) is 3.79. The normalized spacial score (nSPS) is 10.5. The molecular formula is C12H10BrClFN3. The molecule has 2 aromatic rings. The predicted octanol–water partition coefficient (Wildman–Crippen LogP) is 4.39. The van der Waals surface area contributed by atoms with Crippen molar-refractivity contribution in [3.05, 3.63) is 45.0 Å². The molecule has 0 unspecified atom stereocenters. The van der Waals surface area contributed by atoms with Gasteiger partial charge in [-0.05, 0) is 48.7 Å². The topological polar surface area (TPSA) is 37.8 Å². The second-order valence-corrected chi connectivity index (χ2v) is 5.02. The summed E-state index contributed by atoms with van der Waals surface area (Å²) in [7, 11) is 0. The summed E-state index contributed by atoms with van der Waals surface area (Å²) >= 11 is 9.11. The van der Waals surface area contributed by atoms with E-state index < -0.39 is 5.82 Å². The van der Waals surface area contributed by atoms with E-state index in [9.17, 15) is 4.39 Å². The van der Waals surface area contributed by atoms with Crippen LogP contribution >= 0.6 is 27.5 Å². The summed E-state index contributed by atoms with van der Waals surface area (Å²) in [6.45, 7) is 3.93. The van der Waals surface area contributed by atoms with Gasteiger partial charge in [-0.3, -0.25) is 0 Å². The van der Waals surface area contributed by atoms with Crippen molar-refractivity contribution in [3.63, 3.8) is 0 Å². The van der Waals surface area contributed by atoms with E-state index in [1.165, 1.54) is 0 Å². The Labute approximate surface area is 118 Å². The lowest BCUT2D eigenvalue weighted by atomic mass is 10.1. The lowest BCUT2D eigenvalue weighted by Crippen LogP contribution is -1.99. The molecule has 0 saturated heterocycles. The van der Waals surface area contributed by atoms with E-state index in [0.29, 0.717) is 0 Å². The van der Waals surface area contributed by atoms with Crippen LogP contribution in [0.5, 0.6) is 0 Å². The maximum Gasteiger partial charge on any atom is 0.224 e. The molecule has 0 aliphatic rings. The van der Waals surface area contributed by atoms with Gasteiger partial charge in [0.2, 0.25) is 5.28 Å². The van der Waals surface area contributed by atoms with Crippen LogP contribution in [0.4, 0.5) is 15.9 Å². The third kappa shape index (κ3) is 2.79. The molecule has 18 heavy (non-hydrogen) atoms. The molecule has 0 atom stereocenters. The van der Waals surface area contributed by atoms with Gasteiger partial charge in [0.15, 0.2) is 11.6 Å². The SMILES string of the molecule is Cc1cc(Nc2nc(Cl)ncc2F)cc(C)c1Br. The Morgan fingerprint density at radius 2 is 1.89 bits per heavy atom. The third-order valence-electron chi connectivity index (χ3n) is 2.41. The van der Waals surface area contributed by atoms with Crippen LogP contribution < -0.4 is 5.32 Å². The average molecular weight is 331 g/mol. The van der Waals surface area contributed by atoms with Crippen LogP contribution in [-0.4, -0.2) is 9.97 Å². The number of rotatable bonds is 2. The average Bonchev–Trinajstić information content (AvgIpc) is 2.31. The molecule has 1 heterocycles. The molecule has 2 rings (SSSR count). The zero-order valence-corrected chi connectivity index (χ0v) is 12.1. The largest absolute Gasteiger partial charge is 0.338 e. The standard InChI is InChI=1S/C12H10BrClFN3/c1-6-3-8(4-7(2)10(6)13)17-11-9(15)5-16-12(14)18-11/h3-5H,1-2H3,(H,16,17,18). The number of nitrogens with one attached hydrogen (secondary N) is 1. The molecule has 94 valence electrons. The molecule has 0 radical (unpaired) electrons. The highest BCUT2D eigenvalue weighted by Gasteiger charge is 2.08. The summed E-state index contributed by atoms with van der Waals surface area (Å²) in [5.74, 6) is -0.478. The van der Waals surface area contributed by atoms with Crippen molar-refractivity contribution in [1.82, 2.24) is 9.97 Å². The molecule has 6 heteroatoms. The second-order valence-electron chi connectivity index (χ2n) is 3.88. The number of aryl methyl sites for hydroxylation is 2. The first kappa shape index (κ1) is 13.2. The quantitative estimate of drug-likeness (QED) is 0.830. The van der Waals surface area contributed by atoms with E-state index in [-0.39, 0.29) is 11.1 Å². The van der Waals surface area contributed by atoms with Gasteiger partial charge in [0.25, 0.3) is 0 Å². The van der Waals surface area contributed by atoms with Gasteiger partial charge in [-0.2, -0.15) is 4.98 Å². The highest BCUT2D eigenvalue weighted by molar-refractivity contribution is 9.10. The maximum absolute atomic E-state index is 13.5. The Morgan fingerprint density at radius 3 is 2.50 bits per heavy atom. The molecule has 1 N–H and O–H groups in total. The van der Waals surface area contributed by atoms with Gasteiger partial charge >= 0.3 is 0 Å². The summed E-state index contributed by atoms with van der Waals surface area (Å²) in [6.07, 6.45) is 1.04. The summed E-state index contributed by atoms with van der Waals surface area (Å²) in [5.41, 5.74) is 2.86. The Kier molecular flexibility index (Phi) is 3.82. The van der Waals surface area contributed by atoms with Crippen molar-refractivity contribution < 1.29 is 4.39 Å². The van der Waals surface area contributed by atoms with E-state index in [1.54, 1.807) is 0 Å². The molecule has 0 aliphatic heterocycles. The van der Waals surface area contributed by atoms with E-state index in [0.717, 1.165) is 27.5 Å². The van der Waals surface area contributed by atoms with Gasteiger partial charge < -0.3 is 5.32 Å². The molecule has 1 aromatic heterocycles. The third-order valence-corrected chi connectivity index (χ3v) is 3.85. The Hall–Kier alpha value is -1.20. The van der Waals surface area contributed by atoms with Crippen molar-refractivity contribution in [2.24, 2.45) is 0 Å². The first-order valence-corrected chi connectivity index (χ1v) is 6.36. The Bertz CT molecular complexity index is 581. The Balaban J connectivity index is 2.37. The van der Waals surface area contributed by atoms with Crippen LogP contribution in [0.3, 0.4) is 0 Å². The first-order chi connectivity index (χ1) is 8.47. The van der Waals surface area contributed by atoms with E-state index in [2.05, 4.69) is 31.2 Å². The number of hydrogen-bond donors (Lipinski definition) is 1. The van der Waals surface area contributed by atoms with E-state index in [4.69, 9.17) is 11.6 Å². The number of anilines is 2. The molecular weight excluding hydrogens is 321 g/mol. The number of aromatic nitrogens is 2. The van der Waals surface area contributed by atoms with Gasteiger partial charge in [-0.15, -0.1) is 0 Å². The fraction of sp³-hybridized carbons (Fsp3) is 0.167. The first-order valence-electron chi connectivity index (χ1n) is 5.19. The van der Waals surface area contributed by atoms with Gasteiger partial charge in [-0.25, -0.2) is 9.37 Å². The number of halogens is 3. The van der Waals surface area contributed by atoms with Crippen LogP contribution in [0.25, 0.3) is 0 Å². The van der Waals surface area contributed by atoms with Crippen molar-refractivity contribution in [3.8, 4) is 0 Å². The second kappa shape index (κ2) is 5.20.